The smallest absolute Gasteiger partial charge is 0.272 e. The Hall–Kier alpha value is -2.60. The zero-order chi connectivity index (χ0) is 17.3. The summed E-state index contributed by atoms with van der Waals surface area (Å²) in [6.45, 7) is 0. The Morgan fingerprint density at radius 2 is 1.79 bits per heavy atom. The number of halogens is 3. The Balaban J connectivity index is 2.05. The number of rotatable bonds is 3. The number of hydrogen-bond donors (Lipinski definition) is 0. The van der Waals surface area contributed by atoms with Crippen LogP contribution >= 0.6 is 11.6 Å². The average molecular weight is 348 g/mol. The fraction of sp³-hybridized carbons (Fsp3) is 0.118. The van der Waals surface area contributed by atoms with Crippen molar-refractivity contribution < 1.29 is 8.78 Å². The highest BCUT2D eigenvalue weighted by Crippen LogP contribution is 2.20. The topological polar surface area (TPSA) is 47.8 Å². The first kappa shape index (κ1) is 16.3. The maximum absolute atomic E-state index is 13.9. The van der Waals surface area contributed by atoms with Crippen molar-refractivity contribution in [3.05, 3.63) is 81.1 Å². The molecule has 0 fully saturated rings. The Morgan fingerprint density at radius 1 is 1.08 bits per heavy atom. The van der Waals surface area contributed by atoms with E-state index in [0.29, 0.717) is 5.02 Å². The molecule has 0 amide bonds. The number of hydrogen-bond acceptors (Lipinski definition) is 3. The zero-order valence-corrected chi connectivity index (χ0v) is 13.4. The molecule has 2 heterocycles. The molecule has 2 aromatic heterocycles. The quantitative estimate of drug-likeness (QED) is 0.682. The van der Waals surface area contributed by atoms with Crippen molar-refractivity contribution in [2.45, 2.75) is 6.42 Å². The third-order valence-corrected chi connectivity index (χ3v) is 3.77. The molecule has 0 aliphatic carbocycles. The average Bonchev–Trinajstić information content (AvgIpc) is 2.54. The molecule has 0 spiro atoms. The second-order valence-corrected chi connectivity index (χ2v) is 5.70. The van der Waals surface area contributed by atoms with Crippen LogP contribution in [-0.2, 0) is 13.5 Å². The molecule has 0 N–H and O–H groups in total. The van der Waals surface area contributed by atoms with Crippen LogP contribution in [0.3, 0.4) is 0 Å². The summed E-state index contributed by atoms with van der Waals surface area (Å²) in [4.78, 5) is 19.7. The lowest BCUT2D eigenvalue weighted by atomic mass is 10.1. The van der Waals surface area contributed by atoms with Crippen LogP contribution in [0.15, 0.2) is 47.4 Å². The molecular formula is C17H12ClF2N3O. The lowest BCUT2D eigenvalue weighted by Crippen LogP contribution is -2.23. The van der Waals surface area contributed by atoms with Crippen molar-refractivity contribution >= 4 is 11.6 Å². The summed E-state index contributed by atoms with van der Waals surface area (Å²) in [6.07, 6.45) is 1.67. The van der Waals surface area contributed by atoms with Crippen LogP contribution in [0.4, 0.5) is 8.78 Å². The molecule has 0 atom stereocenters. The third-order valence-electron chi connectivity index (χ3n) is 3.51. The predicted molar refractivity (Wildman–Crippen MR) is 86.9 cm³/mol. The van der Waals surface area contributed by atoms with Crippen molar-refractivity contribution in [2.24, 2.45) is 7.05 Å². The highest BCUT2D eigenvalue weighted by atomic mass is 35.5. The molecule has 0 unspecified atom stereocenters. The molecule has 4 nitrogen and oxygen atoms in total. The number of nitrogens with zero attached hydrogens (tertiary/aromatic N) is 3. The zero-order valence-electron chi connectivity index (χ0n) is 12.6. The van der Waals surface area contributed by atoms with Crippen molar-refractivity contribution in [1.29, 1.82) is 0 Å². The monoisotopic (exact) mass is 347 g/mol. The van der Waals surface area contributed by atoms with Gasteiger partial charge in [0.2, 0.25) is 11.9 Å². The van der Waals surface area contributed by atoms with E-state index in [0.717, 1.165) is 11.6 Å². The first-order valence-corrected chi connectivity index (χ1v) is 7.45. The van der Waals surface area contributed by atoms with E-state index in [-0.39, 0.29) is 28.9 Å². The summed E-state index contributed by atoms with van der Waals surface area (Å²) in [5.74, 6) is -1.89. The normalized spacial score (nSPS) is 10.8. The van der Waals surface area contributed by atoms with Gasteiger partial charge >= 0.3 is 0 Å². The van der Waals surface area contributed by atoms with Gasteiger partial charge in [0.05, 0.1) is 11.3 Å². The minimum absolute atomic E-state index is 0.0318. The summed E-state index contributed by atoms with van der Waals surface area (Å²) in [6, 6.07) is 9.30. The van der Waals surface area contributed by atoms with Gasteiger partial charge in [0.1, 0.15) is 5.69 Å². The van der Waals surface area contributed by atoms with Gasteiger partial charge in [-0.25, -0.2) is 4.98 Å². The third kappa shape index (κ3) is 3.33. The summed E-state index contributed by atoms with van der Waals surface area (Å²) < 4.78 is 28.2. The first-order chi connectivity index (χ1) is 11.4. The Bertz CT molecular complexity index is 955. The van der Waals surface area contributed by atoms with Crippen LogP contribution in [0.5, 0.6) is 0 Å². The van der Waals surface area contributed by atoms with Gasteiger partial charge < -0.3 is 4.57 Å². The number of pyridine rings is 1. The van der Waals surface area contributed by atoms with Gasteiger partial charge in [-0.3, -0.25) is 4.79 Å². The Morgan fingerprint density at radius 3 is 2.46 bits per heavy atom. The second kappa shape index (κ2) is 6.49. The van der Waals surface area contributed by atoms with Crippen LogP contribution < -0.4 is 5.56 Å². The largest absolute Gasteiger partial charge is 0.315 e. The molecule has 3 aromatic rings. The number of aromatic nitrogens is 3. The SMILES string of the molecule is Cn1cc(-c2ccc(F)nc2F)nc(Cc2ccc(Cl)cc2)c1=O. The molecular weight excluding hydrogens is 336 g/mol. The summed E-state index contributed by atoms with van der Waals surface area (Å²) >= 11 is 5.85. The van der Waals surface area contributed by atoms with E-state index in [4.69, 9.17) is 11.6 Å². The van der Waals surface area contributed by atoms with Crippen LogP contribution in [0, 0.1) is 11.9 Å². The van der Waals surface area contributed by atoms with E-state index in [1.54, 1.807) is 31.3 Å². The molecule has 122 valence electrons. The molecule has 0 aliphatic heterocycles. The van der Waals surface area contributed by atoms with E-state index < -0.39 is 11.9 Å². The first-order valence-electron chi connectivity index (χ1n) is 7.07. The Labute approximate surface area is 141 Å². The molecule has 1 aromatic carbocycles. The summed E-state index contributed by atoms with van der Waals surface area (Å²) in [7, 11) is 1.55. The fourth-order valence-electron chi connectivity index (χ4n) is 2.31. The van der Waals surface area contributed by atoms with E-state index in [2.05, 4.69) is 9.97 Å². The van der Waals surface area contributed by atoms with Crippen LogP contribution in [0.1, 0.15) is 11.3 Å². The highest BCUT2D eigenvalue weighted by Gasteiger charge is 2.14. The van der Waals surface area contributed by atoms with E-state index in [1.807, 2.05) is 0 Å². The summed E-state index contributed by atoms with van der Waals surface area (Å²) in [5, 5.41) is 0.591. The molecule has 0 aliphatic rings. The number of benzene rings is 1. The number of aryl methyl sites for hydroxylation is 1. The van der Waals surface area contributed by atoms with Crippen molar-refractivity contribution in [3.8, 4) is 11.3 Å². The van der Waals surface area contributed by atoms with Crippen molar-refractivity contribution in [3.63, 3.8) is 0 Å². The van der Waals surface area contributed by atoms with Crippen LogP contribution in [0.2, 0.25) is 5.02 Å². The standard InChI is InChI=1S/C17H12ClF2N3O/c1-23-9-14(12-6-7-15(19)22-16(12)20)21-13(17(23)24)8-10-2-4-11(18)5-3-10/h2-7,9H,8H2,1H3. The van der Waals surface area contributed by atoms with Gasteiger partial charge in [-0.1, -0.05) is 23.7 Å². The second-order valence-electron chi connectivity index (χ2n) is 5.26. The predicted octanol–water partition coefficient (Wildman–Crippen LogP) is 3.36. The molecule has 3 rings (SSSR count). The van der Waals surface area contributed by atoms with Gasteiger partial charge in [0.15, 0.2) is 0 Å². The van der Waals surface area contributed by atoms with E-state index in [1.165, 1.54) is 16.8 Å². The van der Waals surface area contributed by atoms with E-state index in [9.17, 15) is 13.6 Å². The maximum Gasteiger partial charge on any atom is 0.272 e. The van der Waals surface area contributed by atoms with Gasteiger partial charge in [0.25, 0.3) is 5.56 Å². The van der Waals surface area contributed by atoms with Gasteiger partial charge in [-0.05, 0) is 29.8 Å². The molecule has 24 heavy (non-hydrogen) atoms. The molecule has 0 radical (unpaired) electrons. The summed E-state index contributed by atoms with van der Waals surface area (Å²) in [5.41, 5.74) is 1.06. The van der Waals surface area contributed by atoms with E-state index >= 15 is 0 Å². The highest BCUT2D eigenvalue weighted by molar-refractivity contribution is 6.30. The van der Waals surface area contributed by atoms with Gasteiger partial charge in [-0.15, -0.1) is 0 Å². The van der Waals surface area contributed by atoms with Crippen molar-refractivity contribution in [2.75, 3.05) is 0 Å². The van der Waals surface area contributed by atoms with Crippen LogP contribution in [0.25, 0.3) is 11.3 Å². The molecule has 7 heteroatoms. The van der Waals surface area contributed by atoms with Gasteiger partial charge in [0, 0.05) is 24.7 Å². The lowest BCUT2D eigenvalue weighted by Gasteiger charge is -2.08. The molecule has 0 bridgehead atoms. The molecule has 0 saturated carbocycles. The molecule has 0 saturated heterocycles. The van der Waals surface area contributed by atoms with Crippen molar-refractivity contribution in [1.82, 2.24) is 14.5 Å². The lowest BCUT2D eigenvalue weighted by molar-refractivity contribution is 0.514. The minimum Gasteiger partial charge on any atom is -0.315 e. The minimum atomic E-state index is -0.974. The fourth-order valence-corrected chi connectivity index (χ4v) is 2.44. The Kier molecular flexibility index (Phi) is 4.40. The van der Waals surface area contributed by atoms with Crippen LogP contribution in [-0.4, -0.2) is 14.5 Å². The van der Waals surface area contributed by atoms with Gasteiger partial charge in [-0.2, -0.15) is 13.8 Å². The maximum atomic E-state index is 13.9.